The number of H-pyrrole nitrogens is 1. The van der Waals surface area contributed by atoms with Crippen molar-refractivity contribution in [3.63, 3.8) is 0 Å². The van der Waals surface area contributed by atoms with Gasteiger partial charge in [0.15, 0.2) is 0 Å². The van der Waals surface area contributed by atoms with E-state index in [9.17, 15) is 9.90 Å². The predicted octanol–water partition coefficient (Wildman–Crippen LogP) is 2.57. The average Bonchev–Trinajstić information content (AvgIpc) is 2.75. The number of hydrogen-bond acceptors (Lipinski definition) is 3. The van der Waals surface area contributed by atoms with E-state index in [0.717, 1.165) is 0 Å². The molecule has 0 saturated carbocycles. The number of ether oxygens (including phenoxy) is 1. The Hall–Kier alpha value is -2.74. The molecule has 96 valence electrons. The minimum atomic E-state index is -1.13. The number of nitrogens with zero attached hydrogens (tertiary/aromatic N) is 1. The molecule has 0 radical (unpaired) electrons. The first-order valence-corrected chi connectivity index (χ1v) is 5.59. The van der Waals surface area contributed by atoms with Gasteiger partial charge < -0.3 is 14.8 Å². The molecule has 0 amide bonds. The number of carboxylic acids is 1. The highest BCUT2D eigenvalue weighted by Gasteiger charge is 2.22. The molecule has 2 rings (SSSR count). The van der Waals surface area contributed by atoms with Gasteiger partial charge in [-0.15, -0.1) is 0 Å². The Labute approximate surface area is 110 Å². The van der Waals surface area contributed by atoms with E-state index >= 15 is 0 Å². The van der Waals surface area contributed by atoms with Gasteiger partial charge in [0, 0.05) is 11.3 Å². The van der Waals surface area contributed by atoms with E-state index < -0.39 is 5.97 Å². The second-order valence-electron chi connectivity index (χ2n) is 4.02. The largest absolute Gasteiger partial charge is 0.497 e. The van der Waals surface area contributed by atoms with E-state index in [0.29, 0.717) is 22.7 Å². The number of aromatic nitrogens is 1. The van der Waals surface area contributed by atoms with Crippen molar-refractivity contribution < 1.29 is 14.6 Å². The Morgan fingerprint density at radius 2 is 2.21 bits per heavy atom. The second kappa shape index (κ2) is 4.86. The Kier molecular flexibility index (Phi) is 3.25. The highest BCUT2D eigenvalue weighted by Crippen LogP contribution is 2.29. The molecule has 0 aliphatic carbocycles. The van der Waals surface area contributed by atoms with Crippen LogP contribution in [0.1, 0.15) is 21.6 Å². The summed E-state index contributed by atoms with van der Waals surface area (Å²) in [4.78, 5) is 14.3. The summed E-state index contributed by atoms with van der Waals surface area (Å²) in [6, 6.07) is 8.94. The summed E-state index contributed by atoms with van der Waals surface area (Å²) in [6.07, 6.45) is 0. The van der Waals surface area contributed by atoms with Gasteiger partial charge in [-0.25, -0.2) is 4.79 Å². The number of nitriles is 1. The quantitative estimate of drug-likeness (QED) is 0.883. The molecule has 1 heterocycles. The van der Waals surface area contributed by atoms with Crippen LogP contribution in [-0.4, -0.2) is 23.2 Å². The highest BCUT2D eigenvalue weighted by molar-refractivity contribution is 5.98. The Bertz CT molecular complexity index is 680. The van der Waals surface area contributed by atoms with Crippen molar-refractivity contribution in [2.45, 2.75) is 6.92 Å². The third-order valence-corrected chi connectivity index (χ3v) is 2.87. The van der Waals surface area contributed by atoms with Crippen LogP contribution in [0.3, 0.4) is 0 Å². The molecule has 1 aromatic heterocycles. The van der Waals surface area contributed by atoms with Crippen LogP contribution in [0.2, 0.25) is 0 Å². The summed E-state index contributed by atoms with van der Waals surface area (Å²) in [6.45, 7) is 1.68. The fourth-order valence-corrected chi connectivity index (χ4v) is 1.97. The molecule has 1 aromatic carbocycles. The topological polar surface area (TPSA) is 86.1 Å². The van der Waals surface area contributed by atoms with Crippen LogP contribution < -0.4 is 4.74 Å². The molecule has 5 nitrogen and oxygen atoms in total. The maximum absolute atomic E-state index is 11.3. The highest BCUT2D eigenvalue weighted by atomic mass is 16.5. The molecule has 2 aromatic rings. The molecule has 0 aliphatic rings. The number of rotatable bonds is 3. The lowest BCUT2D eigenvalue weighted by Gasteiger charge is -2.04. The van der Waals surface area contributed by atoms with E-state index in [1.54, 1.807) is 31.2 Å². The number of aryl methyl sites for hydroxylation is 1. The zero-order valence-corrected chi connectivity index (χ0v) is 10.5. The van der Waals surface area contributed by atoms with Gasteiger partial charge >= 0.3 is 5.97 Å². The number of methoxy groups -OCH3 is 1. The number of aromatic amines is 1. The number of benzene rings is 1. The first-order chi connectivity index (χ1) is 9.08. The number of nitrogens with one attached hydrogen (secondary N) is 1. The van der Waals surface area contributed by atoms with Gasteiger partial charge in [0.25, 0.3) is 0 Å². The van der Waals surface area contributed by atoms with Crippen LogP contribution in [0.15, 0.2) is 24.3 Å². The minimum Gasteiger partial charge on any atom is -0.497 e. The smallest absolute Gasteiger partial charge is 0.339 e. The summed E-state index contributed by atoms with van der Waals surface area (Å²) in [7, 11) is 1.54. The molecule has 0 fully saturated rings. The van der Waals surface area contributed by atoms with Gasteiger partial charge in [-0.2, -0.15) is 5.26 Å². The zero-order valence-electron chi connectivity index (χ0n) is 10.5. The number of carboxylic acid groups (broad SMARTS) is 1. The third kappa shape index (κ3) is 2.16. The normalized spacial score (nSPS) is 9.95. The van der Waals surface area contributed by atoms with Crippen LogP contribution in [0, 0.1) is 18.3 Å². The summed E-state index contributed by atoms with van der Waals surface area (Å²) in [5.74, 6) is -0.502. The third-order valence-electron chi connectivity index (χ3n) is 2.87. The molecule has 0 bridgehead atoms. The van der Waals surface area contributed by atoms with Crippen molar-refractivity contribution in [2.24, 2.45) is 0 Å². The van der Waals surface area contributed by atoms with Crippen molar-refractivity contribution >= 4 is 5.97 Å². The van der Waals surface area contributed by atoms with Crippen molar-refractivity contribution in [1.82, 2.24) is 4.98 Å². The van der Waals surface area contributed by atoms with Crippen LogP contribution in [0.25, 0.3) is 11.3 Å². The maximum atomic E-state index is 11.3. The standard InChI is InChI=1S/C14H12N2O3/c1-8-11(7-15)12(14(17)18)13(16-8)9-4-3-5-10(6-9)19-2/h3-6,16H,1-2H3,(H,17,18). The molecular formula is C14H12N2O3. The maximum Gasteiger partial charge on any atom is 0.339 e. The van der Waals surface area contributed by atoms with Crippen molar-refractivity contribution in [3.05, 3.63) is 41.1 Å². The summed E-state index contributed by atoms with van der Waals surface area (Å²) in [5, 5.41) is 18.3. The molecule has 0 atom stereocenters. The van der Waals surface area contributed by atoms with Crippen molar-refractivity contribution in [1.29, 1.82) is 5.26 Å². The lowest BCUT2D eigenvalue weighted by molar-refractivity contribution is 0.0697. The molecule has 2 N–H and O–H groups in total. The first kappa shape index (κ1) is 12.7. The summed E-state index contributed by atoms with van der Waals surface area (Å²) >= 11 is 0. The fourth-order valence-electron chi connectivity index (χ4n) is 1.97. The lowest BCUT2D eigenvalue weighted by atomic mass is 10.0. The Morgan fingerprint density at radius 3 is 2.79 bits per heavy atom. The van der Waals surface area contributed by atoms with Crippen LogP contribution in [0.4, 0.5) is 0 Å². The Balaban J connectivity index is 2.69. The zero-order chi connectivity index (χ0) is 14.0. The van der Waals surface area contributed by atoms with E-state index in [2.05, 4.69) is 4.98 Å². The van der Waals surface area contributed by atoms with Crippen LogP contribution in [-0.2, 0) is 0 Å². The van der Waals surface area contributed by atoms with Crippen molar-refractivity contribution in [2.75, 3.05) is 7.11 Å². The molecule has 0 aliphatic heterocycles. The summed E-state index contributed by atoms with van der Waals surface area (Å²) < 4.78 is 5.11. The summed E-state index contributed by atoms with van der Waals surface area (Å²) in [5.41, 5.74) is 1.78. The average molecular weight is 256 g/mol. The van der Waals surface area contributed by atoms with E-state index in [-0.39, 0.29) is 11.1 Å². The predicted molar refractivity (Wildman–Crippen MR) is 69.2 cm³/mol. The molecule has 0 saturated heterocycles. The number of aromatic carboxylic acids is 1. The molecule has 0 spiro atoms. The molecule has 5 heteroatoms. The van der Waals surface area contributed by atoms with Gasteiger partial charge in [-0.3, -0.25) is 0 Å². The minimum absolute atomic E-state index is 0.00625. The molecule has 19 heavy (non-hydrogen) atoms. The van der Waals surface area contributed by atoms with E-state index in [1.165, 1.54) is 7.11 Å². The van der Waals surface area contributed by atoms with E-state index in [4.69, 9.17) is 10.00 Å². The van der Waals surface area contributed by atoms with Crippen LogP contribution >= 0.6 is 0 Å². The SMILES string of the molecule is COc1cccc(-c2[nH]c(C)c(C#N)c2C(=O)O)c1. The van der Waals surface area contributed by atoms with Gasteiger partial charge in [0.2, 0.25) is 0 Å². The number of hydrogen-bond donors (Lipinski definition) is 2. The lowest BCUT2D eigenvalue weighted by Crippen LogP contribution is -2.00. The Morgan fingerprint density at radius 1 is 1.47 bits per heavy atom. The van der Waals surface area contributed by atoms with Crippen LogP contribution in [0.5, 0.6) is 5.75 Å². The van der Waals surface area contributed by atoms with Gasteiger partial charge in [-0.05, 0) is 19.1 Å². The second-order valence-corrected chi connectivity index (χ2v) is 4.02. The van der Waals surface area contributed by atoms with Gasteiger partial charge in [-0.1, -0.05) is 12.1 Å². The monoisotopic (exact) mass is 256 g/mol. The fraction of sp³-hybridized carbons (Fsp3) is 0.143. The van der Waals surface area contributed by atoms with Gasteiger partial charge in [0.05, 0.1) is 18.4 Å². The van der Waals surface area contributed by atoms with Gasteiger partial charge in [0.1, 0.15) is 17.4 Å². The molecule has 0 unspecified atom stereocenters. The molecular weight excluding hydrogens is 244 g/mol. The van der Waals surface area contributed by atoms with E-state index in [1.807, 2.05) is 6.07 Å². The van der Waals surface area contributed by atoms with Crippen molar-refractivity contribution in [3.8, 4) is 23.1 Å². The first-order valence-electron chi connectivity index (χ1n) is 5.59. The number of carbonyl (C=O) groups is 1.